The lowest BCUT2D eigenvalue weighted by Crippen LogP contribution is -2.23. The van der Waals surface area contributed by atoms with Crippen LogP contribution in [0.25, 0.3) is 0 Å². The largest absolute Gasteiger partial charge is 0.315 e. The van der Waals surface area contributed by atoms with Gasteiger partial charge in [0.1, 0.15) is 0 Å². The Balaban J connectivity index is 2.20. The maximum absolute atomic E-state index is 6.11. The summed E-state index contributed by atoms with van der Waals surface area (Å²) in [7, 11) is 0. The van der Waals surface area contributed by atoms with E-state index in [2.05, 4.69) is 19.2 Å². The maximum atomic E-state index is 6.11. The quantitative estimate of drug-likeness (QED) is 0.710. The standard InChI is InChI=1S/C14H21Cl2N/c1-11(2)17-9-5-3-4-6-12-10-13(15)7-8-14(12)16/h7-8,10-11,17H,3-6,9H2,1-2H3. The molecule has 1 aromatic rings. The molecule has 1 N–H and O–H groups in total. The fourth-order valence-corrected chi connectivity index (χ4v) is 2.15. The average molecular weight is 274 g/mol. The predicted octanol–water partition coefficient (Wildman–Crippen LogP) is 4.70. The Labute approximate surface area is 115 Å². The van der Waals surface area contributed by atoms with E-state index in [0.717, 1.165) is 28.6 Å². The molecule has 0 aromatic heterocycles. The lowest BCUT2D eigenvalue weighted by atomic mass is 10.1. The van der Waals surface area contributed by atoms with Crippen LogP contribution in [0.5, 0.6) is 0 Å². The molecule has 1 nitrogen and oxygen atoms in total. The van der Waals surface area contributed by atoms with Gasteiger partial charge in [0.25, 0.3) is 0 Å². The third-order valence-corrected chi connectivity index (χ3v) is 3.29. The van der Waals surface area contributed by atoms with Crippen molar-refractivity contribution in [3.63, 3.8) is 0 Å². The highest BCUT2D eigenvalue weighted by Crippen LogP contribution is 2.22. The molecule has 0 heterocycles. The van der Waals surface area contributed by atoms with Crippen LogP contribution in [-0.4, -0.2) is 12.6 Å². The summed E-state index contributed by atoms with van der Waals surface area (Å²) in [5.41, 5.74) is 1.16. The molecule has 0 radical (unpaired) electrons. The number of halogens is 2. The highest BCUT2D eigenvalue weighted by Gasteiger charge is 2.01. The zero-order valence-electron chi connectivity index (χ0n) is 10.6. The van der Waals surface area contributed by atoms with E-state index in [4.69, 9.17) is 23.2 Å². The van der Waals surface area contributed by atoms with Crippen LogP contribution >= 0.6 is 23.2 Å². The van der Waals surface area contributed by atoms with Crippen molar-refractivity contribution in [3.8, 4) is 0 Å². The number of benzene rings is 1. The van der Waals surface area contributed by atoms with Gasteiger partial charge < -0.3 is 5.32 Å². The van der Waals surface area contributed by atoms with Crippen molar-refractivity contribution in [2.24, 2.45) is 0 Å². The molecule has 3 heteroatoms. The molecular formula is C14H21Cl2N. The summed E-state index contributed by atoms with van der Waals surface area (Å²) in [5, 5.41) is 5.02. The minimum atomic E-state index is 0.581. The van der Waals surface area contributed by atoms with Crippen LogP contribution in [0.4, 0.5) is 0 Å². The number of aryl methyl sites for hydroxylation is 1. The fourth-order valence-electron chi connectivity index (χ4n) is 1.74. The van der Waals surface area contributed by atoms with Gasteiger partial charge >= 0.3 is 0 Å². The molecule has 96 valence electrons. The lowest BCUT2D eigenvalue weighted by molar-refractivity contribution is 0.548. The van der Waals surface area contributed by atoms with Crippen molar-refractivity contribution < 1.29 is 0 Å². The molecule has 0 spiro atoms. The Hall–Kier alpha value is -0.240. The summed E-state index contributed by atoms with van der Waals surface area (Å²) in [5.74, 6) is 0. The molecular weight excluding hydrogens is 253 g/mol. The molecule has 0 atom stereocenters. The van der Waals surface area contributed by atoms with E-state index in [0.29, 0.717) is 6.04 Å². The van der Waals surface area contributed by atoms with Crippen molar-refractivity contribution in [2.45, 2.75) is 45.6 Å². The molecule has 17 heavy (non-hydrogen) atoms. The van der Waals surface area contributed by atoms with Crippen LogP contribution < -0.4 is 5.32 Å². The van der Waals surface area contributed by atoms with Crippen molar-refractivity contribution in [3.05, 3.63) is 33.8 Å². The van der Waals surface area contributed by atoms with Crippen LogP contribution in [0.2, 0.25) is 10.0 Å². The topological polar surface area (TPSA) is 12.0 Å². The highest BCUT2D eigenvalue weighted by atomic mass is 35.5. The zero-order valence-corrected chi connectivity index (χ0v) is 12.1. The number of hydrogen-bond acceptors (Lipinski definition) is 1. The second kappa shape index (κ2) is 7.97. The van der Waals surface area contributed by atoms with Crippen LogP contribution in [0, 0.1) is 0 Å². The summed E-state index contributed by atoms with van der Waals surface area (Å²) in [4.78, 5) is 0. The highest BCUT2D eigenvalue weighted by molar-refractivity contribution is 6.33. The summed E-state index contributed by atoms with van der Waals surface area (Å²) in [6.07, 6.45) is 4.62. The van der Waals surface area contributed by atoms with E-state index in [1.807, 2.05) is 18.2 Å². The lowest BCUT2D eigenvalue weighted by Gasteiger charge is -2.08. The first-order valence-corrected chi connectivity index (χ1v) is 7.02. The molecule has 0 aliphatic carbocycles. The summed E-state index contributed by atoms with van der Waals surface area (Å²) in [6, 6.07) is 6.26. The van der Waals surface area contributed by atoms with Crippen molar-refractivity contribution in [1.29, 1.82) is 0 Å². The van der Waals surface area contributed by atoms with E-state index in [1.165, 1.54) is 19.3 Å². The molecule has 0 fully saturated rings. The van der Waals surface area contributed by atoms with Gasteiger partial charge in [0, 0.05) is 16.1 Å². The summed E-state index contributed by atoms with van der Waals surface area (Å²) < 4.78 is 0. The predicted molar refractivity (Wildman–Crippen MR) is 77.2 cm³/mol. The van der Waals surface area contributed by atoms with Gasteiger partial charge in [-0.05, 0) is 49.6 Å². The Kier molecular flexibility index (Phi) is 6.94. The van der Waals surface area contributed by atoms with Crippen LogP contribution in [0.1, 0.15) is 38.7 Å². The molecule has 0 bridgehead atoms. The van der Waals surface area contributed by atoms with Crippen molar-refractivity contribution in [1.82, 2.24) is 5.32 Å². The first-order chi connectivity index (χ1) is 8.09. The number of unbranched alkanes of at least 4 members (excludes halogenated alkanes) is 2. The van der Waals surface area contributed by atoms with Gasteiger partial charge in [-0.15, -0.1) is 0 Å². The fraction of sp³-hybridized carbons (Fsp3) is 0.571. The SMILES string of the molecule is CC(C)NCCCCCc1cc(Cl)ccc1Cl. The van der Waals surface area contributed by atoms with Crippen LogP contribution in [0.3, 0.4) is 0 Å². The van der Waals surface area contributed by atoms with Gasteiger partial charge in [0.15, 0.2) is 0 Å². The van der Waals surface area contributed by atoms with Gasteiger partial charge in [0.2, 0.25) is 0 Å². The minimum Gasteiger partial charge on any atom is -0.315 e. The zero-order chi connectivity index (χ0) is 12.7. The van der Waals surface area contributed by atoms with Gasteiger partial charge in [-0.25, -0.2) is 0 Å². The van der Waals surface area contributed by atoms with E-state index in [-0.39, 0.29) is 0 Å². The van der Waals surface area contributed by atoms with Crippen molar-refractivity contribution in [2.75, 3.05) is 6.54 Å². The number of nitrogens with one attached hydrogen (secondary N) is 1. The molecule has 0 unspecified atom stereocenters. The van der Waals surface area contributed by atoms with Crippen LogP contribution in [-0.2, 0) is 6.42 Å². The van der Waals surface area contributed by atoms with E-state index in [9.17, 15) is 0 Å². The first kappa shape index (κ1) is 14.8. The smallest absolute Gasteiger partial charge is 0.0439 e. The molecule has 0 aliphatic rings. The Bertz CT molecular complexity index is 337. The molecule has 0 saturated carbocycles. The second-order valence-electron chi connectivity index (χ2n) is 4.66. The van der Waals surface area contributed by atoms with E-state index in [1.54, 1.807) is 0 Å². The average Bonchev–Trinajstić information content (AvgIpc) is 2.27. The van der Waals surface area contributed by atoms with E-state index < -0.39 is 0 Å². The first-order valence-electron chi connectivity index (χ1n) is 6.27. The van der Waals surface area contributed by atoms with Gasteiger partial charge in [-0.3, -0.25) is 0 Å². The van der Waals surface area contributed by atoms with Gasteiger partial charge in [-0.2, -0.15) is 0 Å². The summed E-state index contributed by atoms with van der Waals surface area (Å²) in [6.45, 7) is 5.44. The Morgan fingerprint density at radius 1 is 1.12 bits per heavy atom. The molecule has 1 aromatic carbocycles. The summed E-state index contributed by atoms with van der Waals surface area (Å²) >= 11 is 12.1. The number of hydrogen-bond donors (Lipinski definition) is 1. The molecule has 0 aliphatic heterocycles. The third kappa shape index (κ3) is 6.30. The van der Waals surface area contributed by atoms with Crippen LogP contribution in [0.15, 0.2) is 18.2 Å². The molecule has 0 amide bonds. The molecule has 0 saturated heterocycles. The Morgan fingerprint density at radius 3 is 2.59 bits per heavy atom. The van der Waals surface area contributed by atoms with Gasteiger partial charge in [0.05, 0.1) is 0 Å². The van der Waals surface area contributed by atoms with Crippen molar-refractivity contribution >= 4 is 23.2 Å². The maximum Gasteiger partial charge on any atom is 0.0439 e. The minimum absolute atomic E-state index is 0.581. The monoisotopic (exact) mass is 273 g/mol. The molecule has 1 rings (SSSR count). The third-order valence-electron chi connectivity index (χ3n) is 2.68. The second-order valence-corrected chi connectivity index (χ2v) is 5.50. The number of rotatable bonds is 7. The Morgan fingerprint density at radius 2 is 1.88 bits per heavy atom. The van der Waals surface area contributed by atoms with E-state index >= 15 is 0 Å². The normalized spacial score (nSPS) is 11.1. The van der Waals surface area contributed by atoms with Gasteiger partial charge in [-0.1, -0.05) is 43.5 Å².